The van der Waals surface area contributed by atoms with Gasteiger partial charge < -0.3 is 9.52 Å². The van der Waals surface area contributed by atoms with Crippen LogP contribution >= 0.6 is 23.4 Å². The second kappa shape index (κ2) is 6.36. The Balaban J connectivity index is 1.88. The van der Waals surface area contributed by atoms with Crippen LogP contribution in [0.3, 0.4) is 0 Å². The van der Waals surface area contributed by atoms with Crippen LogP contribution in [0.4, 0.5) is 5.69 Å². The summed E-state index contributed by atoms with van der Waals surface area (Å²) in [6, 6.07) is 7.17. The zero-order valence-corrected chi connectivity index (χ0v) is 14.9. The molecule has 0 bridgehead atoms. The molecule has 1 aromatic heterocycles. The van der Waals surface area contributed by atoms with E-state index in [1.165, 1.54) is 23.9 Å². The second-order valence-electron chi connectivity index (χ2n) is 6.16. The fraction of sp³-hybridized carbons (Fsp3) is 0.312. The van der Waals surface area contributed by atoms with Gasteiger partial charge in [0.05, 0.1) is 4.92 Å². The van der Waals surface area contributed by atoms with Gasteiger partial charge in [0.1, 0.15) is 28.0 Å². The van der Waals surface area contributed by atoms with Gasteiger partial charge in [-0.3, -0.25) is 20.2 Å². The van der Waals surface area contributed by atoms with E-state index < -0.39 is 21.7 Å². The molecule has 2 heterocycles. The Hall–Kier alpha value is -2.03. The van der Waals surface area contributed by atoms with Crippen molar-refractivity contribution in [1.29, 1.82) is 0 Å². The number of furan rings is 1. The fourth-order valence-corrected chi connectivity index (χ4v) is 4.27. The van der Waals surface area contributed by atoms with E-state index in [0.29, 0.717) is 17.1 Å². The molecule has 7 nitrogen and oxygen atoms in total. The minimum atomic E-state index is -0.917. The predicted octanol–water partition coefficient (Wildman–Crippen LogP) is 4.08. The highest BCUT2D eigenvalue weighted by Gasteiger charge is 2.46. The molecular weight excluding hydrogens is 368 g/mol. The molecule has 0 radical (unpaired) electrons. The van der Waals surface area contributed by atoms with Gasteiger partial charge in [-0.15, -0.1) is 11.8 Å². The van der Waals surface area contributed by atoms with Crippen molar-refractivity contribution in [3.63, 3.8) is 0 Å². The standard InChI is InChI=1S/C16H15ClN2O5S/c1-16(2)13(15(20)21)18-14(25-16)12-6-5-11(24-12)8-3-4-9(17)10(7-8)19(22)23/h3-7,13-14,18H,1-2H3,(H,20,21). The van der Waals surface area contributed by atoms with Crippen LogP contribution in [0.1, 0.15) is 25.0 Å². The van der Waals surface area contributed by atoms with Gasteiger partial charge in [0, 0.05) is 16.4 Å². The molecule has 2 atom stereocenters. The van der Waals surface area contributed by atoms with Crippen LogP contribution in [0, 0.1) is 10.1 Å². The smallest absolute Gasteiger partial charge is 0.322 e. The fourth-order valence-electron chi connectivity index (χ4n) is 2.72. The maximum Gasteiger partial charge on any atom is 0.322 e. The number of nitro groups is 1. The average Bonchev–Trinajstić information content (AvgIpc) is 3.11. The zero-order chi connectivity index (χ0) is 18.4. The van der Waals surface area contributed by atoms with Gasteiger partial charge >= 0.3 is 5.97 Å². The number of nitrogens with one attached hydrogen (secondary N) is 1. The van der Waals surface area contributed by atoms with Crippen LogP contribution in [-0.2, 0) is 4.79 Å². The molecule has 3 rings (SSSR count). The number of hydrogen-bond donors (Lipinski definition) is 2. The first-order chi connectivity index (χ1) is 11.7. The van der Waals surface area contributed by atoms with E-state index >= 15 is 0 Å². The highest BCUT2D eigenvalue weighted by atomic mass is 35.5. The Morgan fingerprint density at radius 1 is 1.40 bits per heavy atom. The Morgan fingerprint density at radius 2 is 2.12 bits per heavy atom. The number of carboxylic acid groups (broad SMARTS) is 1. The lowest BCUT2D eigenvalue weighted by atomic mass is 10.0. The molecule has 0 aliphatic carbocycles. The molecule has 2 N–H and O–H groups in total. The number of rotatable bonds is 4. The van der Waals surface area contributed by atoms with E-state index in [1.54, 1.807) is 18.2 Å². The molecule has 1 aliphatic heterocycles. The van der Waals surface area contributed by atoms with Crippen LogP contribution in [0.2, 0.25) is 5.02 Å². The number of thioether (sulfide) groups is 1. The van der Waals surface area contributed by atoms with Crippen LogP contribution in [0.5, 0.6) is 0 Å². The number of carbonyl (C=O) groups is 1. The second-order valence-corrected chi connectivity index (χ2v) is 8.33. The maximum atomic E-state index is 11.4. The monoisotopic (exact) mass is 382 g/mol. The molecule has 0 saturated carbocycles. The van der Waals surface area contributed by atoms with E-state index in [4.69, 9.17) is 16.0 Å². The van der Waals surface area contributed by atoms with E-state index in [9.17, 15) is 20.0 Å². The van der Waals surface area contributed by atoms with Crippen LogP contribution in [-0.4, -0.2) is 26.8 Å². The summed E-state index contributed by atoms with van der Waals surface area (Å²) in [5, 5.41) is 23.1. The highest BCUT2D eigenvalue weighted by molar-refractivity contribution is 8.01. The third-order valence-corrected chi connectivity index (χ3v) is 5.76. The van der Waals surface area contributed by atoms with Crippen molar-refractivity contribution >= 4 is 35.0 Å². The highest BCUT2D eigenvalue weighted by Crippen LogP contribution is 2.46. The van der Waals surface area contributed by atoms with E-state index in [-0.39, 0.29) is 16.1 Å². The van der Waals surface area contributed by atoms with Gasteiger partial charge in [-0.05, 0) is 38.1 Å². The lowest BCUT2D eigenvalue weighted by molar-refractivity contribution is -0.384. The Labute approximate surface area is 152 Å². The van der Waals surface area contributed by atoms with Gasteiger partial charge in [-0.2, -0.15) is 0 Å². The maximum absolute atomic E-state index is 11.4. The first-order valence-corrected chi connectivity index (χ1v) is 8.65. The van der Waals surface area contributed by atoms with Crippen LogP contribution < -0.4 is 5.32 Å². The van der Waals surface area contributed by atoms with Crippen molar-refractivity contribution in [2.24, 2.45) is 0 Å². The van der Waals surface area contributed by atoms with Gasteiger partial charge in [0.15, 0.2) is 0 Å². The average molecular weight is 383 g/mol. The van der Waals surface area contributed by atoms with Crippen molar-refractivity contribution in [2.45, 2.75) is 30.0 Å². The number of nitro benzene ring substituents is 1. The number of halogens is 1. The molecular formula is C16H15ClN2O5S. The van der Waals surface area contributed by atoms with Gasteiger partial charge in [-0.1, -0.05) is 11.6 Å². The molecule has 0 spiro atoms. The van der Waals surface area contributed by atoms with Crippen LogP contribution in [0.15, 0.2) is 34.7 Å². The SMILES string of the molecule is CC1(C)SC(c2ccc(-c3ccc(Cl)c([N+](=O)[O-])c3)o2)NC1C(=O)O. The number of hydrogen-bond acceptors (Lipinski definition) is 6. The molecule has 2 aromatic rings. The summed E-state index contributed by atoms with van der Waals surface area (Å²) >= 11 is 7.28. The number of benzene rings is 1. The van der Waals surface area contributed by atoms with Gasteiger partial charge in [0.2, 0.25) is 0 Å². The molecule has 1 saturated heterocycles. The molecule has 1 aliphatic rings. The lowest BCUT2D eigenvalue weighted by Crippen LogP contribution is -2.43. The Morgan fingerprint density at radius 3 is 2.72 bits per heavy atom. The Bertz CT molecular complexity index is 851. The third kappa shape index (κ3) is 3.37. The summed E-state index contributed by atoms with van der Waals surface area (Å²) in [6.45, 7) is 3.71. The number of carboxylic acids is 1. The van der Waals surface area contributed by atoms with Crippen molar-refractivity contribution in [2.75, 3.05) is 0 Å². The summed E-state index contributed by atoms with van der Waals surface area (Å²) in [6.07, 6.45) is 0. The van der Waals surface area contributed by atoms with Crippen molar-refractivity contribution in [1.82, 2.24) is 5.32 Å². The topological polar surface area (TPSA) is 106 Å². The predicted molar refractivity (Wildman–Crippen MR) is 94.8 cm³/mol. The first kappa shape index (κ1) is 17.8. The molecule has 0 amide bonds. The molecule has 2 unspecified atom stereocenters. The first-order valence-electron chi connectivity index (χ1n) is 7.40. The third-order valence-electron chi connectivity index (χ3n) is 3.99. The van der Waals surface area contributed by atoms with Crippen molar-refractivity contribution in [3.05, 3.63) is 51.2 Å². The minimum Gasteiger partial charge on any atom is -0.480 e. The largest absolute Gasteiger partial charge is 0.480 e. The van der Waals surface area contributed by atoms with E-state index in [0.717, 1.165) is 0 Å². The van der Waals surface area contributed by atoms with Gasteiger partial charge in [0.25, 0.3) is 5.69 Å². The zero-order valence-electron chi connectivity index (χ0n) is 13.4. The molecule has 132 valence electrons. The minimum absolute atomic E-state index is 0.0552. The molecule has 1 aromatic carbocycles. The summed E-state index contributed by atoms with van der Waals surface area (Å²) < 4.78 is 5.31. The van der Waals surface area contributed by atoms with Crippen molar-refractivity contribution in [3.8, 4) is 11.3 Å². The number of aliphatic carboxylic acids is 1. The molecule has 25 heavy (non-hydrogen) atoms. The lowest BCUT2D eigenvalue weighted by Gasteiger charge is -2.20. The van der Waals surface area contributed by atoms with E-state index in [2.05, 4.69) is 5.32 Å². The summed E-state index contributed by atoms with van der Waals surface area (Å²) in [4.78, 5) is 21.8. The quantitative estimate of drug-likeness (QED) is 0.606. The summed E-state index contributed by atoms with van der Waals surface area (Å²) in [5.74, 6) is 0.100. The van der Waals surface area contributed by atoms with E-state index in [1.807, 2.05) is 13.8 Å². The molecule has 9 heteroatoms. The summed E-state index contributed by atoms with van der Waals surface area (Å²) in [7, 11) is 0. The summed E-state index contributed by atoms with van der Waals surface area (Å²) in [5.41, 5.74) is 0.331. The van der Waals surface area contributed by atoms with Gasteiger partial charge in [-0.25, -0.2) is 0 Å². The molecule has 1 fully saturated rings. The number of nitrogens with zero attached hydrogens (tertiary/aromatic N) is 1. The Kier molecular flexibility index (Phi) is 4.52. The normalized spacial score (nSPS) is 22.0. The van der Waals surface area contributed by atoms with Crippen molar-refractivity contribution < 1.29 is 19.2 Å². The van der Waals surface area contributed by atoms with Crippen LogP contribution in [0.25, 0.3) is 11.3 Å².